The van der Waals surface area contributed by atoms with Crippen LogP contribution in [0.25, 0.3) is 0 Å². The van der Waals surface area contributed by atoms with Crippen molar-refractivity contribution in [1.29, 1.82) is 0 Å². The second-order valence-corrected chi connectivity index (χ2v) is 3.45. The van der Waals surface area contributed by atoms with E-state index < -0.39 is 11.9 Å². The van der Waals surface area contributed by atoms with Crippen LogP contribution in [0.5, 0.6) is 5.75 Å². The van der Waals surface area contributed by atoms with Gasteiger partial charge in [0.25, 0.3) is 11.9 Å². The van der Waals surface area contributed by atoms with Crippen LogP contribution in [-0.2, 0) is 11.2 Å². The lowest BCUT2D eigenvalue weighted by Gasteiger charge is -2.12. The summed E-state index contributed by atoms with van der Waals surface area (Å²) in [6.45, 7) is 3.03. The van der Waals surface area contributed by atoms with E-state index in [1.807, 2.05) is 6.92 Å². The first-order valence-electron chi connectivity index (χ1n) is 5.29. The lowest BCUT2D eigenvalue weighted by molar-refractivity contribution is -0.134. The third-order valence-corrected chi connectivity index (χ3v) is 2.12. The summed E-state index contributed by atoms with van der Waals surface area (Å²) in [6, 6.07) is 3.25. The summed E-state index contributed by atoms with van der Waals surface area (Å²) in [4.78, 5) is 20.1. The van der Waals surface area contributed by atoms with Crippen molar-refractivity contribution in [2.24, 2.45) is 5.73 Å². The van der Waals surface area contributed by atoms with Gasteiger partial charge in [0.1, 0.15) is 5.75 Å². The molecule has 0 aromatic heterocycles. The lowest BCUT2D eigenvalue weighted by Crippen LogP contribution is -2.14. The van der Waals surface area contributed by atoms with E-state index in [4.69, 9.17) is 26.1 Å². The number of carboxylic acid groups (broad SMARTS) is 1. The maximum Gasteiger partial charge on any atom is 0.300 e. The maximum absolute atomic E-state index is 11.1. The Morgan fingerprint density at radius 1 is 1.39 bits per heavy atom. The summed E-state index contributed by atoms with van der Waals surface area (Å²) in [5.41, 5.74) is 12.8. The predicted molar refractivity (Wildman–Crippen MR) is 68.6 cm³/mol. The largest absolute Gasteiger partial charge is 0.496 e. The number of hydrogen-bond acceptors (Lipinski definition) is 4. The van der Waals surface area contributed by atoms with Crippen LogP contribution >= 0.6 is 0 Å². The van der Waals surface area contributed by atoms with Gasteiger partial charge in [-0.05, 0) is 18.6 Å². The van der Waals surface area contributed by atoms with E-state index in [0.29, 0.717) is 23.4 Å². The molecule has 18 heavy (non-hydrogen) atoms. The third-order valence-electron chi connectivity index (χ3n) is 2.12. The molecular weight excluding hydrogens is 236 g/mol. The van der Waals surface area contributed by atoms with E-state index in [2.05, 4.69) is 0 Å². The van der Waals surface area contributed by atoms with Crippen molar-refractivity contribution in [3.8, 4) is 5.75 Å². The number of methoxy groups -OCH3 is 1. The van der Waals surface area contributed by atoms with E-state index in [0.717, 1.165) is 12.5 Å². The van der Waals surface area contributed by atoms with Crippen LogP contribution < -0.4 is 16.2 Å². The molecular formula is C12H18N2O4. The smallest absolute Gasteiger partial charge is 0.300 e. The Hall–Kier alpha value is -2.24. The molecule has 1 rings (SSSR count). The molecule has 1 amide bonds. The molecule has 0 heterocycles. The highest BCUT2D eigenvalue weighted by Gasteiger charge is 2.14. The number of ether oxygens (including phenoxy) is 1. The molecule has 100 valence electrons. The number of carbonyl (C=O) groups is 2. The Morgan fingerprint density at radius 2 is 1.89 bits per heavy atom. The molecule has 1 aromatic rings. The van der Waals surface area contributed by atoms with Crippen LogP contribution in [0.3, 0.4) is 0 Å². The summed E-state index contributed by atoms with van der Waals surface area (Å²) >= 11 is 0. The molecule has 0 saturated heterocycles. The normalized spacial score (nSPS) is 9.06. The Labute approximate surface area is 106 Å². The number of primary amides is 1. The van der Waals surface area contributed by atoms with E-state index in [-0.39, 0.29) is 0 Å². The van der Waals surface area contributed by atoms with Crippen molar-refractivity contribution in [2.45, 2.75) is 20.3 Å². The summed E-state index contributed by atoms with van der Waals surface area (Å²) in [7, 11) is 1.50. The van der Waals surface area contributed by atoms with Crippen LogP contribution in [0, 0.1) is 0 Å². The Bertz CT molecular complexity index is 440. The zero-order valence-corrected chi connectivity index (χ0v) is 10.7. The van der Waals surface area contributed by atoms with Crippen molar-refractivity contribution >= 4 is 17.6 Å². The monoisotopic (exact) mass is 254 g/mol. The van der Waals surface area contributed by atoms with Gasteiger partial charge >= 0.3 is 0 Å². The van der Waals surface area contributed by atoms with E-state index >= 15 is 0 Å². The van der Waals surface area contributed by atoms with Crippen LogP contribution in [0.1, 0.15) is 29.8 Å². The summed E-state index contributed by atoms with van der Waals surface area (Å²) in [6.07, 6.45) is 0.704. The number of aliphatic carboxylic acids is 1. The minimum atomic E-state index is -0.833. The molecule has 0 aliphatic carbocycles. The van der Waals surface area contributed by atoms with Gasteiger partial charge in [-0.15, -0.1) is 0 Å². The van der Waals surface area contributed by atoms with Gasteiger partial charge in [0.05, 0.1) is 12.7 Å². The minimum Gasteiger partial charge on any atom is -0.496 e. The van der Waals surface area contributed by atoms with Crippen LogP contribution in [0.15, 0.2) is 12.1 Å². The van der Waals surface area contributed by atoms with Gasteiger partial charge in [-0.1, -0.05) is 6.92 Å². The zero-order chi connectivity index (χ0) is 14.3. The first-order chi connectivity index (χ1) is 8.34. The van der Waals surface area contributed by atoms with Crippen molar-refractivity contribution < 1.29 is 19.4 Å². The fraction of sp³-hybridized carbons (Fsp3) is 0.333. The molecule has 0 bridgehead atoms. The summed E-state index contributed by atoms with van der Waals surface area (Å²) in [5.74, 6) is -0.850. The van der Waals surface area contributed by atoms with Gasteiger partial charge < -0.3 is 21.3 Å². The number of nitrogen functional groups attached to an aromatic ring is 1. The molecule has 0 unspecified atom stereocenters. The molecule has 0 aliphatic heterocycles. The topological polar surface area (TPSA) is 116 Å². The molecule has 0 radical (unpaired) electrons. The average molecular weight is 254 g/mol. The second kappa shape index (κ2) is 7.16. The first kappa shape index (κ1) is 15.8. The molecule has 6 heteroatoms. The number of hydrogen-bond donors (Lipinski definition) is 3. The predicted octanol–water partition coefficient (Wildman–Crippen LogP) is 1.03. The Balaban J connectivity index is 0.000000631. The number of anilines is 1. The molecule has 0 spiro atoms. The van der Waals surface area contributed by atoms with Gasteiger partial charge in [-0.3, -0.25) is 9.59 Å². The van der Waals surface area contributed by atoms with E-state index in [1.165, 1.54) is 7.11 Å². The maximum atomic E-state index is 11.1. The fourth-order valence-corrected chi connectivity index (χ4v) is 1.43. The quantitative estimate of drug-likeness (QED) is 0.697. The highest BCUT2D eigenvalue weighted by Crippen LogP contribution is 2.28. The van der Waals surface area contributed by atoms with E-state index in [9.17, 15) is 4.79 Å². The molecule has 0 aliphatic rings. The van der Waals surface area contributed by atoms with Crippen molar-refractivity contribution in [2.75, 3.05) is 12.8 Å². The number of nitrogens with two attached hydrogens (primary N) is 2. The second-order valence-electron chi connectivity index (χ2n) is 3.45. The summed E-state index contributed by atoms with van der Waals surface area (Å²) in [5, 5.41) is 7.42. The van der Waals surface area contributed by atoms with Gasteiger partial charge in [0.15, 0.2) is 0 Å². The highest BCUT2D eigenvalue weighted by atomic mass is 16.5. The minimum absolute atomic E-state index is 0.374. The zero-order valence-electron chi connectivity index (χ0n) is 10.7. The molecule has 6 nitrogen and oxygen atoms in total. The third kappa shape index (κ3) is 4.32. The van der Waals surface area contributed by atoms with Gasteiger partial charge in [-0.2, -0.15) is 0 Å². The number of rotatable bonds is 3. The van der Waals surface area contributed by atoms with Crippen molar-refractivity contribution in [1.82, 2.24) is 0 Å². The van der Waals surface area contributed by atoms with Crippen molar-refractivity contribution in [3.63, 3.8) is 0 Å². The first-order valence-corrected chi connectivity index (χ1v) is 5.29. The SMILES string of the molecule is CC(=O)O.CCc1c(N)ccc(C(N)=O)c1OC. The molecule has 5 N–H and O–H groups in total. The highest BCUT2D eigenvalue weighted by molar-refractivity contribution is 5.96. The van der Waals surface area contributed by atoms with Crippen molar-refractivity contribution in [3.05, 3.63) is 23.3 Å². The van der Waals surface area contributed by atoms with Gasteiger partial charge in [0.2, 0.25) is 0 Å². The van der Waals surface area contributed by atoms with Gasteiger partial charge in [-0.25, -0.2) is 0 Å². The number of carbonyl (C=O) groups excluding carboxylic acids is 1. The molecule has 0 fully saturated rings. The van der Waals surface area contributed by atoms with Crippen LogP contribution in [0.2, 0.25) is 0 Å². The van der Waals surface area contributed by atoms with E-state index in [1.54, 1.807) is 12.1 Å². The number of benzene rings is 1. The number of carboxylic acids is 1. The Kier molecular flexibility index (Phi) is 6.27. The molecule has 0 atom stereocenters. The summed E-state index contributed by atoms with van der Waals surface area (Å²) < 4.78 is 5.13. The standard InChI is InChI=1S/C10H14N2O2.C2H4O2/c1-3-6-8(11)5-4-7(10(12)13)9(6)14-2;1-2(3)4/h4-5H,3,11H2,1-2H3,(H2,12,13);1H3,(H,3,4). The lowest BCUT2D eigenvalue weighted by atomic mass is 10.0. The molecule has 1 aromatic carbocycles. The fourth-order valence-electron chi connectivity index (χ4n) is 1.43. The Morgan fingerprint density at radius 3 is 2.22 bits per heavy atom. The number of amides is 1. The molecule has 0 saturated carbocycles. The van der Waals surface area contributed by atoms with Gasteiger partial charge in [0, 0.05) is 18.2 Å². The van der Waals surface area contributed by atoms with Crippen LogP contribution in [0.4, 0.5) is 5.69 Å². The average Bonchev–Trinajstić information content (AvgIpc) is 2.27. The van der Waals surface area contributed by atoms with Crippen LogP contribution in [-0.4, -0.2) is 24.1 Å².